The number of carbonyl (C=O) groups is 1. The molecule has 3 N–H and O–H groups in total. The van der Waals surface area contributed by atoms with E-state index in [9.17, 15) is 14.3 Å². The Labute approximate surface area is 195 Å². The molecule has 1 fully saturated rings. The molecule has 1 saturated heterocycles. The van der Waals surface area contributed by atoms with Crippen LogP contribution >= 0.6 is 0 Å². The van der Waals surface area contributed by atoms with E-state index in [0.29, 0.717) is 18.2 Å². The number of hydrogen-bond donors (Lipinski definition) is 2. The maximum atomic E-state index is 14.2. The Morgan fingerprint density at radius 3 is 2.81 bits per heavy atom. The summed E-state index contributed by atoms with van der Waals surface area (Å²) in [6.45, 7) is 5.60. The second kappa shape index (κ2) is 12.2. The fraction of sp³-hybridized carbons (Fsp3) is 0.611. The van der Waals surface area contributed by atoms with Crippen LogP contribution in [0.15, 0.2) is 18.2 Å². The average molecular weight is 595 g/mol. The van der Waals surface area contributed by atoms with Gasteiger partial charge in [0.2, 0.25) is 0 Å². The Hall–Kier alpha value is -0.458. The molecule has 0 bridgehead atoms. The van der Waals surface area contributed by atoms with Crippen LogP contribution in [0.4, 0.5) is 14.9 Å². The second-order valence-corrected chi connectivity index (χ2v) is 6.79. The number of halogens is 1. The van der Waals surface area contributed by atoms with Crippen LogP contribution in [0, 0.1) is 55.8 Å². The molecular weight excluding hydrogens is 568 g/mol. The molecule has 1 unspecified atom stereocenters. The summed E-state index contributed by atoms with van der Waals surface area (Å²) in [4.78, 5) is 13.0. The topological polar surface area (TPSA) is 94.8 Å². The Kier molecular flexibility index (Phi) is 11.1. The molecule has 0 saturated carbocycles. The van der Waals surface area contributed by atoms with Crippen LogP contribution in [-0.4, -0.2) is 56.2 Å². The van der Waals surface area contributed by atoms with Gasteiger partial charge in [-0.25, -0.2) is 9.18 Å². The van der Waals surface area contributed by atoms with Gasteiger partial charge in [0.25, 0.3) is 0 Å². The minimum Gasteiger partial charge on any atom is -0.674 e. The first-order valence-corrected chi connectivity index (χ1v) is 8.84. The summed E-state index contributed by atoms with van der Waals surface area (Å²) in [5.41, 5.74) is 7.62. The fourth-order valence-corrected chi connectivity index (χ4v) is 2.52. The van der Waals surface area contributed by atoms with Crippen LogP contribution in [0.3, 0.4) is 0 Å². The van der Waals surface area contributed by atoms with Gasteiger partial charge in [-0.3, -0.25) is 4.90 Å². The number of aliphatic hydroxyl groups is 1. The summed E-state index contributed by atoms with van der Waals surface area (Å²) in [7, 11) is 0. The standard InChI is InChI=1S/C18H27FN3O4.Ac/c1-12(2)5-6-21-9-14(23)11-25-17-4-3-13(7-16(17)19)22-10-15(8-20)26-18(22)24;/h3-4,7,12,14-15,20-21,23H,5-6,8-11H2,1-2H3;/q-1;/t14?,15-;/m0./s1. The number of benzene rings is 1. The smallest absolute Gasteiger partial charge is 0.414 e. The summed E-state index contributed by atoms with van der Waals surface area (Å²) in [5, 5.41) is 13.0. The van der Waals surface area contributed by atoms with Gasteiger partial charge in [-0.1, -0.05) is 13.8 Å². The van der Waals surface area contributed by atoms with Gasteiger partial charge in [-0.2, -0.15) is 0 Å². The van der Waals surface area contributed by atoms with Crippen LogP contribution < -0.4 is 15.0 Å². The van der Waals surface area contributed by atoms with Crippen molar-refractivity contribution >= 4 is 11.8 Å². The van der Waals surface area contributed by atoms with E-state index in [4.69, 9.17) is 15.2 Å². The monoisotopic (exact) mass is 595 g/mol. The minimum absolute atomic E-state index is 0. The Morgan fingerprint density at radius 1 is 1.48 bits per heavy atom. The van der Waals surface area contributed by atoms with Crippen LogP contribution in [0.2, 0.25) is 0 Å². The number of carbonyl (C=O) groups excluding carboxylic acids is 1. The van der Waals surface area contributed by atoms with Crippen molar-refractivity contribution in [1.82, 2.24) is 5.32 Å². The number of cyclic esters (lactones) is 1. The number of ether oxygens (including phenoxy) is 2. The SMILES string of the molecule is CC(C)CCNCC(O)COc1ccc(N2C[C@H](C[NH-])OC2=O)cc1F.[Ac]. The number of amides is 1. The van der Waals surface area contributed by atoms with E-state index in [1.54, 1.807) is 6.07 Å². The normalized spacial score (nSPS) is 17.6. The van der Waals surface area contributed by atoms with Crippen molar-refractivity contribution in [2.45, 2.75) is 32.5 Å². The molecule has 1 radical (unpaired) electrons. The van der Waals surface area contributed by atoms with Crippen molar-refractivity contribution in [2.75, 3.05) is 37.7 Å². The van der Waals surface area contributed by atoms with Gasteiger partial charge in [-0.15, -0.1) is 6.54 Å². The average Bonchev–Trinajstić information content (AvgIpc) is 2.98. The number of nitrogens with zero attached hydrogens (tertiary/aromatic N) is 1. The number of aliphatic hydroxyl groups excluding tert-OH is 1. The molecule has 1 heterocycles. The first kappa shape index (κ1) is 24.6. The van der Waals surface area contributed by atoms with E-state index < -0.39 is 24.1 Å². The summed E-state index contributed by atoms with van der Waals surface area (Å²) < 4.78 is 24.5. The zero-order valence-corrected chi connectivity index (χ0v) is 20.5. The molecule has 7 nitrogen and oxygen atoms in total. The Morgan fingerprint density at radius 2 is 2.22 bits per heavy atom. The molecule has 1 aromatic carbocycles. The van der Waals surface area contributed by atoms with Gasteiger partial charge in [0.05, 0.1) is 12.2 Å². The summed E-state index contributed by atoms with van der Waals surface area (Å²) in [5.74, 6) is -0.0167. The van der Waals surface area contributed by atoms with Gasteiger partial charge in [0.15, 0.2) is 11.6 Å². The van der Waals surface area contributed by atoms with Crippen LogP contribution in [-0.2, 0) is 4.74 Å². The van der Waals surface area contributed by atoms with E-state index in [1.807, 2.05) is 0 Å². The Balaban J connectivity index is 0.00000364. The molecule has 9 heteroatoms. The summed E-state index contributed by atoms with van der Waals surface area (Å²) in [6.07, 6.45) is -0.811. The summed E-state index contributed by atoms with van der Waals surface area (Å²) >= 11 is 0. The van der Waals surface area contributed by atoms with Gasteiger partial charge in [0.1, 0.15) is 18.8 Å². The first-order valence-electron chi connectivity index (χ1n) is 8.84. The molecule has 149 valence electrons. The largest absolute Gasteiger partial charge is 0.674 e. The third kappa shape index (κ3) is 7.82. The molecule has 0 aliphatic carbocycles. The molecule has 27 heavy (non-hydrogen) atoms. The van der Waals surface area contributed by atoms with Crippen LogP contribution in [0.5, 0.6) is 5.75 Å². The van der Waals surface area contributed by atoms with E-state index in [2.05, 4.69) is 19.2 Å². The molecule has 1 aromatic rings. The number of nitrogens with one attached hydrogen (secondary N) is 2. The maximum absolute atomic E-state index is 14.2. The van der Waals surface area contributed by atoms with Crippen LogP contribution in [0.25, 0.3) is 5.73 Å². The van der Waals surface area contributed by atoms with Gasteiger partial charge in [0, 0.05) is 56.7 Å². The molecule has 0 aromatic heterocycles. The Bertz CT molecular complexity index is 606. The predicted octanol–water partition coefficient (Wildman–Crippen LogP) is 2.58. The maximum Gasteiger partial charge on any atom is 0.414 e. The van der Waals surface area contributed by atoms with Gasteiger partial charge in [-0.05, 0) is 31.0 Å². The number of anilines is 1. The van der Waals surface area contributed by atoms with Crippen molar-refractivity contribution in [3.63, 3.8) is 0 Å². The first-order chi connectivity index (χ1) is 12.4. The van der Waals surface area contributed by atoms with Crippen molar-refractivity contribution in [1.29, 1.82) is 0 Å². The zero-order chi connectivity index (χ0) is 19.1. The fourth-order valence-electron chi connectivity index (χ4n) is 2.52. The van der Waals surface area contributed by atoms with Crippen molar-refractivity contribution in [2.24, 2.45) is 5.92 Å². The van der Waals surface area contributed by atoms with E-state index >= 15 is 0 Å². The van der Waals surface area contributed by atoms with E-state index in [-0.39, 0.29) is 69.5 Å². The molecule has 0 spiro atoms. The summed E-state index contributed by atoms with van der Waals surface area (Å²) in [6, 6.07) is 4.17. The molecule has 1 aliphatic heterocycles. The third-order valence-corrected chi connectivity index (χ3v) is 4.04. The molecular formula is C18H27AcFN3O4-. The van der Waals surface area contributed by atoms with E-state index in [0.717, 1.165) is 13.0 Å². The molecule has 2 rings (SSSR count). The molecule has 2 atom stereocenters. The zero-order valence-electron chi connectivity index (χ0n) is 15.8. The van der Waals surface area contributed by atoms with Crippen molar-refractivity contribution in [3.05, 3.63) is 29.7 Å². The van der Waals surface area contributed by atoms with Gasteiger partial charge >= 0.3 is 6.09 Å². The van der Waals surface area contributed by atoms with E-state index in [1.165, 1.54) is 17.0 Å². The van der Waals surface area contributed by atoms with Crippen LogP contribution in [0.1, 0.15) is 20.3 Å². The minimum atomic E-state index is -0.743. The number of hydrogen-bond acceptors (Lipinski definition) is 5. The van der Waals surface area contributed by atoms with Gasteiger partial charge < -0.3 is 25.6 Å². The third-order valence-electron chi connectivity index (χ3n) is 4.04. The van der Waals surface area contributed by atoms with Crippen molar-refractivity contribution < 1.29 is 67.8 Å². The van der Waals surface area contributed by atoms with Crippen molar-refractivity contribution in [3.8, 4) is 5.75 Å². The molecule has 1 aliphatic rings. The second-order valence-electron chi connectivity index (χ2n) is 6.79. The quantitative estimate of drug-likeness (QED) is 0.406. The molecule has 1 amide bonds. The number of rotatable bonds is 10. The predicted molar refractivity (Wildman–Crippen MR) is 97.0 cm³/mol.